The number of para-hydroxylation sites is 3. The lowest BCUT2D eigenvalue weighted by Crippen LogP contribution is -2.19. The molecule has 0 radical (unpaired) electrons. The number of hydrogen-bond acceptors (Lipinski definition) is 4. The van der Waals surface area contributed by atoms with Crippen molar-refractivity contribution in [3.05, 3.63) is 205 Å². The number of fused-ring (bicyclic) bond motifs is 1. The molecule has 0 spiro atoms. The molecule has 4 nitrogen and oxygen atoms in total. The van der Waals surface area contributed by atoms with E-state index >= 15 is 0 Å². The van der Waals surface area contributed by atoms with Gasteiger partial charge in [0.15, 0.2) is 0 Å². The Hall–Kier alpha value is -6.49. The van der Waals surface area contributed by atoms with E-state index in [1.807, 2.05) is 36.6 Å². The van der Waals surface area contributed by atoms with E-state index in [9.17, 15) is 0 Å². The van der Waals surface area contributed by atoms with Crippen LogP contribution in [0.3, 0.4) is 0 Å². The topological polar surface area (TPSA) is 22.9 Å². The lowest BCUT2D eigenvalue weighted by atomic mass is 10.0. The van der Waals surface area contributed by atoms with Gasteiger partial charge in [0.05, 0.1) is 22.1 Å². The summed E-state index contributed by atoms with van der Waals surface area (Å²) in [6.45, 7) is 0. The molecule has 1 heterocycles. The van der Waals surface area contributed by atoms with Crippen LogP contribution >= 0.6 is 11.6 Å². The lowest BCUT2D eigenvalue weighted by Gasteiger charge is -2.33. The highest BCUT2D eigenvalue weighted by molar-refractivity contribution is 6.36. The van der Waals surface area contributed by atoms with Gasteiger partial charge in [-0.1, -0.05) is 121 Å². The maximum Gasteiger partial charge on any atom is 0.136 e. The lowest BCUT2D eigenvalue weighted by molar-refractivity contribution is 0.616. The zero-order valence-corrected chi connectivity index (χ0v) is 31.2. The fourth-order valence-electron chi connectivity index (χ4n) is 7.71. The summed E-state index contributed by atoms with van der Waals surface area (Å²) in [4.78, 5) is 6.89. The Balaban J connectivity index is 1.21. The maximum atomic E-state index is 7.76. The molecule has 1 aromatic heterocycles. The van der Waals surface area contributed by atoms with Crippen LogP contribution in [0.25, 0.3) is 22.1 Å². The van der Waals surface area contributed by atoms with Gasteiger partial charge < -0.3 is 19.1 Å². The van der Waals surface area contributed by atoms with E-state index in [0.29, 0.717) is 5.02 Å². The van der Waals surface area contributed by atoms with E-state index in [-0.39, 0.29) is 0 Å². The molecule has 0 saturated carbocycles. The number of allylic oxidation sites excluding steroid dienone is 2. The van der Waals surface area contributed by atoms with Crippen LogP contribution in [0.5, 0.6) is 0 Å². The van der Waals surface area contributed by atoms with Gasteiger partial charge in [-0.3, -0.25) is 0 Å². The van der Waals surface area contributed by atoms with Crippen LogP contribution in [0, 0.1) is 0 Å². The molecule has 8 aromatic rings. The SMILES string of the molecule is Clc1c(N(c2ccccc2)c2cccc(N(C3=CCCCC3)c3ccccc3)c2)cccc1N(c1cccc(-c2ccccc2)c1)c1coc2ccccc12. The average Bonchev–Trinajstić information content (AvgIpc) is 3.68. The largest absolute Gasteiger partial charge is 0.462 e. The Morgan fingerprint density at radius 1 is 0.436 bits per heavy atom. The standard InChI is InChI=1S/C50H40ClN3O/c51-50-46(53(41-25-11-4-12-26-41)44-29-16-28-43(35-44)52(39-21-7-2-8-22-39)40-23-9-3-10-24-40)31-17-32-47(50)54(48-36-55-49-33-14-13-30-45(48)49)42-27-15-20-38(34-42)37-18-5-1-6-19-37/h1-2,4-8,11-23,25-36H,3,9-10,24H2. The number of hydrogen-bond donors (Lipinski definition) is 0. The van der Waals surface area contributed by atoms with Crippen molar-refractivity contribution < 1.29 is 4.42 Å². The molecule has 1 aliphatic rings. The molecule has 268 valence electrons. The predicted octanol–water partition coefficient (Wildman–Crippen LogP) is 15.3. The van der Waals surface area contributed by atoms with Crippen molar-refractivity contribution in [3.8, 4) is 11.1 Å². The Labute approximate surface area is 327 Å². The molecule has 0 fully saturated rings. The van der Waals surface area contributed by atoms with Crippen molar-refractivity contribution in [2.45, 2.75) is 25.7 Å². The van der Waals surface area contributed by atoms with Crippen LogP contribution in [-0.4, -0.2) is 0 Å². The predicted molar refractivity (Wildman–Crippen MR) is 231 cm³/mol. The first-order chi connectivity index (χ1) is 27.2. The van der Waals surface area contributed by atoms with Crippen LogP contribution in [-0.2, 0) is 0 Å². The quantitative estimate of drug-likeness (QED) is 0.140. The number of benzene rings is 7. The van der Waals surface area contributed by atoms with Gasteiger partial charge in [-0.15, -0.1) is 0 Å². The molecular weight excluding hydrogens is 694 g/mol. The van der Waals surface area contributed by atoms with Crippen molar-refractivity contribution in [1.29, 1.82) is 0 Å². The summed E-state index contributed by atoms with van der Waals surface area (Å²) in [5.41, 5.74) is 12.3. The molecule has 0 amide bonds. The zero-order chi connectivity index (χ0) is 37.0. The third kappa shape index (κ3) is 6.89. The molecule has 0 N–H and O–H groups in total. The van der Waals surface area contributed by atoms with Gasteiger partial charge in [-0.25, -0.2) is 0 Å². The van der Waals surface area contributed by atoms with Gasteiger partial charge in [-0.2, -0.15) is 0 Å². The van der Waals surface area contributed by atoms with E-state index < -0.39 is 0 Å². The van der Waals surface area contributed by atoms with Gasteiger partial charge in [0.1, 0.15) is 11.8 Å². The molecule has 0 bridgehead atoms. The van der Waals surface area contributed by atoms with Crippen molar-refractivity contribution in [3.63, 3.8) is 0 Å². The fourth-order valence-corrected chi connectivity index (χ4v) is 8.01. The summed E-state index contributed by atoms with van der Waals surface area (Å²) in [5, 5.41) is 1.61. The first-order valence-corrected chi connectivity index (χ1v) is 19.3. The minimum absolute atomic E-state index is 0.613. The summed E-state index contributed by atoms with van der Waals surface area (Å²) in [5.74, 6) is 0. The average molecular weight is 734 g/mol. The summed E-state index contributed by atoms with van der Waals surface area (Å²) in [6.07, 6.45) is 8.78. The van der Waals surface area contributed by atoms with Crippen LogP contribution in [0.4, 0.5) is 45.5 Å². The molecule has 0 unspecified atom stereocenters. The van der Waals surface area contributed by atoms with Crippen molar-refractivity contribution in [2.24, 2.45) is 0 Å². The Morgan fingerprint density at radius 2 is 0.982 bits per heavy atom. The van der Waals surface area contributed by atoms with E-state index in [0.717, 1.165) is 80.4 Å². The van der Waals surface area contributed by atoms with Crippen LogP contribution in [0.1, 0.15) is 25.7 Å². The van der Waals surface area contributed by atoms with Gasteiger partial charge in [0.2, 0.25) is 0 Å². The summed E-state index contributed by atoms with van der Waals surface area (Å²) in [7, 11) is 0. The Kier molecular flexibility index (Phi) is 9.64. The van der Waals surface area contributed by atoms with Crippen molar-refractivity contribution in [1.82, 2.24) is 0 Å². The highest BCUT2D eigenvalue weighted by atomic mass is 35.5. The molecule has 55 heavy (non-hydrogen) atoms. The maximum absolute atomic E-state index is 7.76. The molecule has 0 saturated heterocycles. The van der Waals surface area contributed by atoms with E-state index in [1.54, 1.807) is 0 Å². The van der Waals surface area contributed by atoms with Crippen LogP contribution in [0.2, 0.25) is 5.02 Å². The number of halogens is 1. The second kappa shape index (κ2) is 15.5. The second-order valence-corrected chi connectivity index (χ2v) is 14.2. The van der Waals surface area contributed by atoms with Gasteiger partial charge in [0, 0.05) is 39.5 Å². The number of nitrogens with zero attached hydrogens (tertiary/aromatic N) is 3. The number of furan rings is 1. The zero-order valence-electron chi connectivity index (χ0n) is 30.4. The third-order valence-corrected chi connectivity index (χ3v) is 10.7. The minimum atomic E-state index is 0.613. The normalized spacial score (nSPS) is 12.6. The number of anilines is 8. The van der Waals surface area contributed by atoms with Gasteiger partial charge in [0.25, 0.3) is 0 Å². The fraction of sp³-hybridized carbons (Fsp3) is 0.0800. The van der Waals surface area contributed by atoms with Crippen molar-refractivity contribution >= 4 is 68.1 Å². The first-order valence-electron chi connectivity index (χ1n) is 18.9. The smallest absolute Gasteiger partial charge is 0.136 e. The second-order valence-electron chi connectivity index (χ2n) is 13.8. The molecule has 5 heteroatoms. The van der Waals surface area contributed by atoms with E-state index in [2.05, 4.69) is 172 Å². The van der Waals surface area contributed by atoms with Crippen LogP contribution < -0.4 is 14.7 Å². The summed E-state index contributed by atoms with van der Waals surface area (Å²) < 4.78 is 6.16. The van der Waals surface area contributed by atoms with E-state index in [1.165, 1.54) is 18.5 Å². The molecule has 9 rings (SSSR count). The Morgan fingerprint density at radius 3 is 1.69 bits per heavy atom. The Bertz CT molecular complexity index is 2580. The summed E-state index contributed by atoms with van der Waals surface area (Å²) >= 11 is 7.76. The first kappa shape index (κ1) is 34.3. The monoisotopic (exact) mass is 733 g/mol. The molecule has 0 atom stereocenters. The highest BCUT2D eigenvalue weighted by Gasteiger charge is 2.25. The molecule has 0 aliphatic heterocycles. The minimum Gasteiger partial charge on any atom is -0.462 e. The van der Waals surface area contributed by atoms with Crippen LogP contribution in [0.15, 0.2) is 204 Å². The molecular formula is C50H40ClN3O. The third-order valence-electron chi connectivity index (χ3n) is 10.3. The summed E-state index contributed by atoms with van der Waals surface area (Å²) in [6, 6.07) is 63.5. The molecule has 1 aliphatic carbocycles. The number of rotatable bonds is 10. The van der Waals surface area contributed by atoms with Crippen molar-refractivity contribution in [2.75, 3.05) is 14.7 Å². The van der Waals surface area contributed by atoms with Gasteiger partial charge in [-0.05, 0) is 116 Å². The highest BCUT2D eigenvalue weighted by Crippen LogP contribution is 2.49. The molecule has 7 aromatic carbocycles. The van der Waals surface area contributed by atoms with E-state index in [4.69, 9.17) is 16.0 Å². The van der Waals surface area contributed by atoms with Gasteiger partial charge >= 0.3 is 0 Å².